The van der Waals surface area contributed by atoms with E-state index >= 15 is 0 Å². The predicted octanol–water partition coefficient (Wildman–Crippen LogP) is -1.04. The van der Waals surface area contributed by atoms with Crippen molar-refractivity contribution in [2.75, 3.05) is 51.5 Å². The zero-order valence-corrected chi connectivity index (χ0v) is 21.5. The van der Waals surface area contributed by atoms with Crippen molar-refractivity contribution in [1.29, 1.82) is 0 Å². The smallest absolute Gasteiger partial charge is 0.296 e. The second kappa shape index (κ2) is 13.7. The van der Waals surface area contributed by atoms with E-state index in [2.05, 4.69) is 20.9 Å². The van der Waals surface area contributed by atoms with Crippen molar-refractivity contribution in [2.24, 2.45) is 0 Å². The molecule has 16 nitrogen and oxygen atoms in total. The van der Waals surface area contributed by atoms with Gasteiger partial charge in [-0.25, -0.2) is 10.2 Å². The molecule has 4 N–H and O–H groups in total. The number of ether oxygens (including phenoxy) is 3. The lowest BCUT2D eigenvalue weighted by Crippen LogP contribution is -2.54. The fourth-order valence-electron chi connectivity index (χ4n) is 4.19. The fourth-order valence-corrected chi connectivity index (χ4v) is 4.19. The molecule has 2 aliphatic rings. The van der Waals surface area contributed by atoms with E-state index in [1.54, 1.807) is 12.1 Å². The summed E-state index contributed by atoms with van der Waals surface area (Å²) in [6, 6.07) is 3.84. The first-order valence-corrected chi connectivity index (χ1v) is 12.6. The van der Waals surface area contributed by atoms with E-state index in [4.69, 9.17) is 19.4 Å². The van der Waals surface area contributed by atoms with Crippen LogP contribution in [0.2, 0.25) is 0 Å². The largest absolute Gasteiger partial charge is 0.382 e. The number of carbonyl (C=O) groups is 5. The van der Waals surface area contributed by atoms with Crippen LogP contribution in [0, 0.1) is 0 Å². The molecule has 2 aromatic rings. The number of amides is 5. The van der Waals surface area contributed by atoms with Crippen molar-refractivity contribution in [3.05, 3.63) is 41.2 Å². The molecule has 1 fully saturated rings. The fraction of sp³-hybridized carbons (Fsp3) is 0.458. The van der Waals surface area contributed by atoms with Crippen molar-refractivity contribution in [1.82, 2.24) is 30.7 Å². The van der Waals surface area contributed by atoms with E-state index in [9.17, 15) is 24.0 Å². The molecule has 1 aromatic carbocycles. The summed E-state index contributed by atoms with van der Waals surface area (Å²) in [7, 11) is 0. The molecular formula is C24H29N7O9. The Morgan fingerprint density at radius 1 is 1.02 bits per heavy atom. The summed E-state index contributed by atoms with van der Waals surface area (Å²) in [4.78, 5) is 61.8. The van der Waals surface area contributed by atoms with Crippen LogP contribution in [0.15, 0.2) is 24.4 Å². The van der Waals surface area contributed by atoms with Crippen LogP contribution in [-0.4, -0.2) is 107 Å². The Hall–Kier alpha value is -4.25. The quantitative estimate of drug-likeness (QED) is 0.0894. The molecule has 16 heteroatoms. The number of nitrogens with zero attached hydrogens (tertiary/aromatic N) is 4. The van der Waals surface area contributed by atoms with Crippen molar-refractivity contribution in [3.63, 3.8) is 0 Å². The zero-order valence-electron chi connectivity index (χ0n) is 21.5. The molecule has 5 amide bonds. The summed E-state index contributed by atoms with van der Waals surface area (Å²) in [6.07, 6.45) is 1.54. The minimum Gasteiger partial charge on any atom is -0.382 e. The summed E-state index contributed by atoms with van der Waals surface area (Å²) in [5, 5.41) is 21.2. The third-order valence-electron chi connectivity index (χ3n) is 6.11. The molecule has 0 saturated carbocycles. The van der Waals surface area contributed by atoms with Crippen molar-refractivity contribution in [2.45, 2.75) is 25.4 Å². The Morgan fingerprint density at radius 2 is 1.75 bits per heavy atom. The Labute approximate surface area is 227 Å². The Kier molecular flexibility index (Phi) is 9.85. The molecule has 40 heavy (non-hydrogen) atoms. The number of imide groups is 2. The van der Waals surface area contributed by atoms with E-state index in [1.807, 2.05) is 0 Å². The molecule has 3 heterocycles. The number of piperidine rings is 1. The molecule has 0 bridgehead atoms. The molecule has 0 aliphatic carbocycles. The van der Waals surface area contributed by atoms with E-state index in [0.717, 1.165) is 4.90 Å². The maximum Gasteiger partial charge on any atom is 0.296 e. The van der Waals surface area contributed by atoms with Gasteiger partial charge in [-0.15, -0.1) is 5.10 Å². The molecule has 1 saturated heterocycles. The molecule has 2 aliphatic heterocycles. The molecule has 0 spiro atoms. The maximum atomic E-state index is 13.1. The molecule has 1 atom stereocenters. The summed E-state index contributed by atoms with van der Waals surface area (Å²) < 4.78 is 17.8. The van der Waals surface area contributed by atoms with Gasteiger partial charge in [0.2, 0.25) is 11.8 Å². The maximum absolute atomic E-state index is 13.1. The van der Waals surface area contributed by atoms with E-state index in [0.29, 0.717) is 58.4 Å². The van der Waals surface area contributed by atoms with Crippen molar-refractivity contribution < 1.29 is 43.4 Å². The topological polar surface area (TPSA) is 203 Å². The number of benzene rings is 1. The van der Waals surface area contributed by atoms with E-state index < -0.39 is 35.6 Å². The van der Waals surface area contributed by atoms with Crippen molar-refractivity contribution in [3.8, 4) is 0 Å². The molecule has 4 rings (SSSR count). The van der Waals surface area contributed by atoms with Gasteiger partial charge < -0.3 is 19.5 Å². The van der Waals surface area contributed by atoms with Gasteiger partial charge in [0.15, 0.2) is 5.69 Å². The molecule has 1 unspecified atom stereocenters. The van der Waals surface area contributed by atoms with Crippen LogP contribution < -0.4 is 16.1 Å². The monoisotopic (exact) mass is 559 g/mol. The molecular weight excluding hydrogens is 530 g/mol. The third-order valence-corrected chi connectivity index (χ3v) is 6.11. The summed E-state index contributed by atoms with van der Waals surface area (Å²) in [6.45, 7) is 2.78. The van der Waals surface area contributed by atoms with Crippen LogP contribution in [0.1, 0.15) is 44.0 Å². The minimum atomic E-state index is -1.02. The summed E-state index contributed by atoms with van der Waals surface area (Å²) in [5.41, 5.74) is 2.33. The van der Waals surface area contributed by atoms with Crippen LogP contribution in [0.4, 0.5) is 5.69 Å². The van der Waals surface area contributed by atoms with Gasteiger partial charge in [-0.1, -0.05) is 11.3 Å². The number of rotatable bonds is 15. The average Bonchev–Trinajstić information content (AvgIpc) is 3.52. The number of carbonyl (C=O) groups excluding carboxylic acids is 5. The lowest BCUT2D eigenvalue weighted by Gasteiger charge is -2.27. The predicted molar refractivity (Wildman–Crippen MR) is 133 cm³/mol. The number of anilines is 1. The number of fused-ring (bicyclic) bond motifs is 1. The normalized spacial score (nSPS) is 16.7. The standard InChI is InChI=1S/C24H29N7O9/c32-19-5-4-18(22(34)26-19)31-23(35)15-2-1-3-16(20(15)24(31)36)25-6-8-38-10-12-40-13-11-39-9-7-30-14-17(27-29-30)21(33)28-37/h1-3,14,18,25,37H,4-13H2,(H,28,33)(H,26,32,34). The molecule has 214 valence electrons. The summed E-state index contributed by atoms with van der Waals surface area (Å²) in [5.74, 6) is -2.96. The van der Waals surface area contributed by atoms with E-state index in [-0.39, 0.29) is 29.7 Å². The highest BCUT2D eigenvalue weighted by atomic mass is 16.5. The summed E-state index contributed by atoms with van der Waals surface area (Å²) >= 11 is 0. The number of aromatic nitrogens is 3. The average molecular weight is 560 g/mol. The SMILES string of the molecule is O=C1CCC(N2C(=O)c3cccc(NCCOCCOCCOCCn4cc(C(=O)NO)nn4)c3C2=O)C(=O)N1. The second-order valence-electron chi connectivity index (χ2n) is 8.75. The molecule has 1 aromatic heterocycles. The van der Waals surface area contributed by atoms with Crippen LogP contribution in [0.3, 0.4) is 0 Å². The Balaban J connectivity index is 1.09. The van der Waals surface area contributed by atoms with Gasteiger partial charge in [0.05, 0.1) is 63.5 Å². The lowest BCUT2D eigenvalue weighted by molar-refractivity contribution is -0.136. The third kappa shape index (κ3) is 6.84. The highest BCUT2D eigenvalue weighted by molar-refractivity contribution is 6.25. The van der Waals surface area contributed by atoms with Crippen LogP contribution in [0.5, 0.6) is 0 Å². The van der Waals surface area contributed by atoms with Gasteiger partial charge in [0, 0.05) is 18.7 Å². The number of hydroxylamine groups is 1. The van der Waals surface area contributed by atoms with Gasteiger partial charge in [-0.05, 0) is 18.6 Å². The van der Waals surface area contributed by atoms with Gasteiger partial charge in [0.1, 0.15) is 6.04 Å². The number of hydrogen-bond donors (Lipinski definition) is 4. The Bertz CT molecular complexity index is 1270. The van der Waals surface area contributed by atoms with Crippen LogP contribution in [-0.2, 0) is 30.3 Å². The molecule has 0 radical (unpaired) electrons. The van der Waals surface area contributed by atoms with Crippen LogP contribution >= 0.6 is 0 Å². The zero-order chi connectivity index (χ0) is 28.5. The number of nitrogens with one attached hydrogen (secondary N) is 3. The highest BCUT2D eigenvalue weighted by Crippen LogP contribution is 2.32. The Morgan fingerprint density at radius 3 is 2.48 bits per heavy atom. The van der Waals surface area contributed by atoms with Gasteiger partial charge in [-0.2, -0.15) is 0 Å². The first-order chi connectivity index (χ1) is 19.4. The van der Waals surface area contributed by atoms with Gasteiger partial charge >= 0.3 is 0 Å². The first-order valence-electron chi connectivity index (χ1n) is 12.6. The number of hydrogen-bond acceptors (Lipinski definition) is 12. The van der Waals surface area contributed by atoms with E-state index in [1.165, 1.54) is 22.4 Å². The second-order valence-corrected chi connectivity index (χ2v) is 8.75. The highest BCUT2D eigenvalue weighted by Gasteiger charge is 2.45. The van der Waals surface area contributed by atoms with Crippen molar-refractivity contribution >= 4 is 35.2 Å². The lowest BCUT2D eigenvalue weighted by atomic mass is 10.0. The minimum absolute atomic E-state index is 0.00581. The van der Waals surface area contributed by atoms with Gasteiger partial charge in [-0.3, -0.25) is 39.4 Å². The van der Waals surface area contributed by atoms with Gasteiger partial charge in [0.25, 0.3) is 17.7 Å². The first kappa shape index (κ1) is 28.8. The van der Waals surface area contributed by atoms with Crippen LogP contribution in [0.25, 0.3) is 0 Å².